The summed E-state index contributed by atoms with van der Waals surface area (Å²) in [7, 11) is 0. The Hall–Kier alpha value is -2.17. The first-order valence-corrected chi connectivity index (χ1v) is 6.85. The molecular formula is C15H17N3O2. The highest BCUT2D eigenvalue weighted by molar-refractivity contribution is 5.88. The van der Waals surface area contributed by atoms with Crippen LogP contribution in [0.5, 0.6) is 0 Å². The quantitative estimate of drug-likeness (QED) is 0.783. The number of carbonyl (C=O) groups is 1. The van der Waals surface area contributed by atoms with Crippen LogP contribution in [0, 0.1) is 12.8 Å². The van der Waals surface area contributed by atoms with Gasteiger partial charge in [-0.05, 0) is 31.2 Å². The summed E-state index contributed by atoms with van der Waals surface area (Å²) in [5, 5.41) is 7.98. The Morgan fingerprint density at radius 3 is 2.80 bits per heavy atom. The van der Waals surface area contributed by atoms with E-state index in [-0.39, 0.29) is 6.61 Å². The SMILES string of the molecule is Cc1c(C(=O)OCc2ccccc2)nnn1CC1CC1. The van der Waals surface area contributed by atoms with Gasteiger partial charge in [-0.25, -0.2) is 9.48 Å². The number of carbonyl (C=O) groups excluding carboxylic acids is 1. The second-order valence-corrected chi connectivity index (χ2v) is 5.21. The Bertz CT molecular complexity index is 603. The Morgan fingerprint density at radius 1 is 1.35 bits per heavy atom. The minimum Gasteiger partial charge on any atom is -0.456 e. The summed E-state index contributed by atoms with van der Waals surface area (Å²) in [5.74, 6) is 0.289. The maximum absolute atomic E-state index is 12.0. The molecule has 5 heteroatoms. The van der Waals surface area contributed by atoms with Crippen LogP contribution in [0.2, 0.25) is 0 Å². The van der Waals surface area contributed by atoms with Crippen LogP contribution >= 0.6 is 0 Å². The average molecular weight is 271 g/mol. The van der Waals surface area contributed by atoms with Crippen LogP contribution < -0.4 is 0 Å². The molecule has 0 unspecified atom stereocenters. The third-order valence-electron chi connectivity index (χ3n) is 3.52. The topological polar surface area (TPSA) is 57.0 Å². The predicted octanol–water partition coefficient (Wildman–Crippen LogP) is 2.35. The van der Waals surface area contributed by atoms with Gasteiger partial charge in [0.15, 0.2) is 5.69 Å². The lowest BCUT2D eigenvalue weighted by Gasteiger charge is -2.04. The molecule has 1 aromatic heterocycles. The number of aromatic nitrogens is 3. The summed E-state index contributed by atoms with van der Waals surface area (Å²) < 4.78 is 7.08. The number of nitrogens with zero attached hydrogens (tertiary/aromatic N) is 3. The van der Waals surface area contributed by atoms with E-state index in [4.69, 9.17) is 4.74 Å². The van der Waals surface area contributed by atoms with E-state index < -0.39 is 5.97 Å². The van der Waals surface area contributed by atoms with Crippen LogP contribution in [-0.2, 0) is 17.9 Å². The maximum atomic E-state index is 12.0. The van der Waals surface area contributed by atoms with E-state index in [0.29, 0.717) is 11.6 Å². The molecule has 1 aliphatic carbocycles. The van der Waals surface area contributed by atoms with Gasteiger partial charge in [0.25, 0.3) is 0 Å². The summed E-state index contributed by atoms with van der Waals surface area (Å²) in [6.45, 7) is 2.97. The van der Waals surface area contributed by atoms with Crippen molar-refractivity contribution in [1.29, 1.82) is 0 Å². The van der Waals surface area contributed by atoms with Crippen molar-refractivity contribution in [1.82, 2.24) is 15.0 Å². The van der Waals surface area contributed by atoms with Gasteiger partial charge < -0.3 is 4.74 Å². The molecule has 0 aliphatic heterocycles. The molecule has 3 rings (SSSR count). The van der Waals surface area contributed by atoms with Gasteiger partial charge in [0, 0.05) is 6.54 Å². The van der Waals surface area contributed by atoms with Gasteiger partial charge in [-0.2, -0.15) is 0 Å². The highest BCUT2D eigenvalue weighted by atomic mass is 16.5. The fourth-order valence-corrected chi connectivity index (χ4v) is 2.06. The smallest absolute Gasteiger partial charge is 0.361 e. The number of hydrogen-bond acceptors (Lipinski definition) is 4. The summed E-state index contributed by atoms with van der Waals surface area (Å²) in [4.78, 5) is 12.0. The number of rotatable bonds is 5. The number of esters is 1. The normalized spacial score (nSPS) is 14.2. The molecule has 0 atom stereocenters. The Kier molecular flexibility index (Phi) is 3.50. The Labute approximate surface area is 117 Å². The first kappa shape index (κ1) is 12.8. The zero-order chi connectivity index (χ0) is 13.9. The van der Waals surface area contributed by atoms with Crippen LogP contribution in [0.4, 0.5) is 0 Å². The van der Waals surface area contributed by atoms with Crippen LogP contribution in [0.3, 0.4) is 0 Å². The zero-order valence-corrected chi connectivity index (χ0v) is 11.5. The van der Waals surface area contributed by atoms with Crippen molar-refractivity contribution in [3.63, 3.8) is 0 Å². The first-order valence-electron chi connectivity index (χ1n) is 6.85. The molecule has 1 saturated carbocycles. The molecule has 0 N–H and O–H groups in total. The van der Waals surface area contributed by atoms with Crippen molar-refractivity contribution in [2.75, 3.05) is 0 Å². The lowest BCUT2D eigenvalue weighted by Crippen LogP contribution is -2.09. The molecule has 1 aromatic carbocycles. The van der Waals surface area contributed by atoms with E-state index in [1.165, 1.54) is 12.8 Å². The lowest BCUT2D eigenvalue weighted by molar-refractivity contribution is 0.0464. The minimum absolute atomic E-state index is 0.259. The summed E-state index contributed by atoms with van der Waals surface area (Å²) in [5.41, 5.74) is 2.07. The molecule has 104 valence electrons. The number of hydrogen-bond donors (Lipinski definition) is 0. The Morgan fingerprint density at radius 2 is 2.10 bits per heavy atom. The third-order valence-corrected chi connectivity index (χ3v) is 3.52. The predicted molar refractivity (Wildman–Crippen MR) is 73.0 cm³/mol. The molecule has 2 aromatic rings. The molecule has 1 fully saturated rings. The van der Waals surface area contributed by atoms with Gasteiger partial charge in [0.1, 0.15) is 6.61 Å². The van der Waals surface area contributed by atoms with E-state index in [1.807, 2.05) is 37.3 Å². The van der Waals surface area contributed by atoms with Crippen LogP contribution in [0.25, 0.3) is 0 Å². The van der Waals surface area contributed by atoms with Crippen molar-refractivity contribution in [3.05, 3.63) is 47.3 Å². The van der Waals surface area contributed by atoms with Crippen molar-refractivity contribution in [2.45, 2.75) is 32.9 Å². The van der Waals surface area contributed by atoms with E-state index in [2.05, 4.69) is 10.3 Å². The van der Waals surface area contributed by atoms with Gasteiger partial charge in [-0.3, -0.25) is 0 Å². The molecule has 0 bridgehead atoms. The molecule has 0 radical (unpaired) electrons. The highest BCUT2D eigenvalue weighted by Crippen LogP contribution is 2.30. The molecular weight excluding hydrogens is 254 g/mol. The van der Waals surface area contributed by atoms with Crippen molar-refractivity contribution < 1.29 is 9.53 Å². The van der Waals surface area contributed by atoms with Gasteiger partial charge in [0.2, 0.25) is 0 Å². The molecule has 20 heavy (non-hydrogen) atoms. The Balaban J connectivity index is 1.63. The largest absolute Gasteiger partial charge is 0.456 e. The fourth-order valence-electron chi connectivity index (χ4n) is 2.06. The molecule has 0 spiro atoms. The van der Waals surface area contributed by atoms with E-state index in [0.717, 1.165) is 17.8 Å². The summed E-state index contributed by atoms with van der Waals surface area (Å²) in [6, 6.07) is 9.60. The standard InChI is InChI=1S/C15H17N3O2/c1-11-14(16-17-18(11)9-12-7-8-12)15(19)20-10-13-5-3-2-4-6-13/h2-6,12H,7-10H2,1H3. The highest BCUT2D eigenvalue weighted by Gasteiger charge is 2.25. The van der Waals surface area contributed by atoms with Crippen LogP contribution in [0.1, 0.15) is 34.6 Å². The van der Waals surface area contributed by atoms with Gasteiger partial charge in [-0.15, -0.1) is 5.10 Å². The van der Waals surface area contributed by atoms with Gasteiger partial charge in [0.05, 0.1) is 5.69 Å². The molecule has 1 aliphatic rings. The zero-order valence-electron chi connectivity index (χ0n) is 11.5. The van der Waals surface area contributed by atoms with E-state index in [1.54, 1.807) is 4.68 Å². The van der Waals surface area contributed by atoms with Gasteiger partial charge in [-0.1, -0.05) is 35.5 Å². The molecule has 1 heterocycles. The number of ether oxygens (including phenoxy) is 1. The second kappa shape index (κ2) is 5.45. The summed E-state index contributed by atoms with van der Waals surface area (Å²) >= 11 is 0. The van der Waals surface area contributed by atoms with Crippen LogP contribution in [0.15, 0.2) is 30.3 Å². The van der Waals surface area contributed by atoms with Crippen LogP contribution in [-0.4, -0.2) is 21.0 Å². The maximum Gasteiger partial charge on any atom is 0.361 e. The number of benzene rings is 1. The van der Waals surface area contributed by atoms with Crippen molar-refractivity contribution >= 4 is 5.97 Å². The monoisotopic (exact) mass is 271 g/mol. The lowest BCUT2D eigenvalue weighted by atomic mass is 10.2. The van der Waals surface area contributed by atoms with E-state index >= 15 is 0 Å². The average Bonchev–Trinajstić information content (AvgIpc) is 3.22. The first-order chi connectivity index (χ1) is 9.74. The van der Waals surface area contributed by atoms with E-state index in [9.17, 15) is 4.79 Å². The molecule has 0 amide bonds. The summed E-state index contributed by atoms with van der Waals surface area (Å²) in [6.07, 6.45) is 2.49. The van der Waals surface area contributed by atoms with Gasteiger partial charge >= 0.3 is 5.97 Å². The molecule has 5 nitrogen and oxygen atoms in total. The second-order valence-electron chi connectivity index (χ2n) is 5.21. The minimum atomic E-state index is -0.409. The molecule has 0 saturated heterocycles. The van der Waals surface area contributed by atoms with Crippen molar-refractivity contribution in [3.8, 4) is 0 Å². The fraction of sp³-hybridized carbons (Fsp3) is 0.400. The third kappa shape index (κ3) is 2.87. The van der Waals surface area contributed by atoms with Crippen molar-refractivity contribution in [2.24, 2.45) is 5.92 Å².